The van der Waals surface area contributed by atoms with E-state index < -0.39 is 5.97 Å². The molecule has 0 fully saturated rings. The van der Waals surface area contributed by atoms with Gasteiger partial charge in [0.2, 0.25) is 0 Å². The Labute approximate surface area is 107 Å². The molecule has 0 saturated heterocycles. The fourth-order valence-corrected chi connectivity index (χ4v) is 1.70. The SMILES string of the molecule is CO/C=C(/C(=O)OC)c1cc(CS)ccc1C. The number of hydrogen-bond donors (Lipinski definition) is 1. The summed E-state index contributed by atoms with van der Waals surface area (Å²) in [5.41, 5.74) is 3.26. The van der Waals surface area contributed by atoms with Crippen LogP contribution in [0.4, 0.5) is 0 Å². The predicted molar refractivity (Wildman–Crippen MR) is 70.9 cm³/mol. The number of rotatable bonds is 4. The number of aryl methyl sites for hydroxylation is 1. The highest BCUT2D eigenvalue weighted by Crippen LogP contribution is 2.22. The van der Waals surface area contributed by atoms with Crippen molar-refractivity contribution in [2.75, 3.05) is 14.2 Å². The second-order valence-corrected chi connectivity index (χ2v) is 3.88. The van der Waals surface area contributed by atoms with Crippen molar-refractivity contribution in [3.05, 3.63) is 41.2 Å². The summed E-state index contributed by atoms with van der Waals surface area (Å²) >= 11 is 4.22. The van der Waals surface area contributed by atoms with Gasteiger partial charge in [0.15, 0.2) is 0 Å². The minimum Gasteiger partial charge on any atom is -0.503 e. The summed E-state index contributed by atoms with van der Waals surface area (Å²) in [5, 5.41) is 0. The molecule has 0 bridgehead atoms. The van der Waals surface area contributed by atoms with E-state index in [0.717, 1.165) is 16.7 Å². The maximum absolute atomic E-state index is 11.7. The number of methoxy groups -OCH3 is 2. The van der Waals surface area contributed by atoms with E-state index in [4.69, 9.17) is 9.47 Å². The highest BCUT2D eigenvalue weighted by molar-refractivity contribution is 7.79. The maximum Gasteiger partial charge on any atom is 0.341 e. The van der Waals surface area contributed by atoms with E-state index in [1.807, 2.05) is 25.1 Å². The summed E-state index contributed by atoms with van der Waals surface area (Å²) in [6.07, 6.45) is 1.40. The molecule has 1 rings (SSSR count). The van der Waals surface area contributed by atoms with Crippen LogP contribution in [0.15, 0.2) is 24.5 Å². The molecule has 1 aromatic carbocycles. The van der Waals surface area contributed by atoms with Crippen molar-refractivity contribution in [2.24, 2.45) is 0 Å². The first-order chi connectivity index (χ1) is 8.13. The summed E-state index contributed by atoms with van der Waals surface area (Å²) in [6, 6.07) is 5.85. The van der Waals surface area contributed by atoms with Crippen molar-refractivity contribution in [3.8, 4) is 0 Å². The Morgan fingerprint density at radius 2 is 2.12 bits per heavy atom. The average molecular weight is 252 g/mol. The van der Waals surface area contributed by atoms with Crippen molar-refractivity contribution < 1.29 is 14.3 Å². The third-order valence-corrected chi connectivity index (χ3v) is 2.78. The largest absolute Gasteiger partial charge is 0.503 e. The second-order valence-electron chi connectivity index (χ2n) is 3.57. The van der Waals surface area contributed by atoms with E-state index >= 15 is 0 Å². The Morgan fingerprint density at radius 3 is 2.65 bits per heavy atom. The van der Waals surface area contributed by atoms with Crippen LogP contribution in [0.2, 0.25) is 0 Å². The molecule has 0 atom stereocenters. The molecule has 0 heterocycles. The third-order valence-electron chi connectivity index (χ3n) is 2.42. The summed E-state index contributed by atoms with van der Waals surface area (Å²) in [7, 11) is 2.85. The fourth-order valence-electron chi connectivity index (χ4n) is 1.51. The first-order valence-electron chi connectivity index (χ1n) is 5.16. The first kappa shape index (κ1) is 13.6. The van der Waals surface area contributed by atoms with Crippen molar-refractivity contribution in [1.82, 2.24) is 0 Å². The normalized spacial score (nSPS) is 11.2. The van der Waals surface area contributed by atoms with Gasteiger partial charge in [-0.3, -0.25) is 0 Å². The molecule has 1 aromatic rings. The molecule has 0 aliphatic rings. The molecule has 92 valence electrons. The predicted octanol–water partition coefficient (Wildman–Crippen LogP) is 2.59. The molecule has 0 N–H and O–H groups in total. The van der Waals surface area contributed by atoms with Crippen molar-refractivity contribution in [2.45, 2.75) is 12.7 Å². The van der Waals surface area contributed by atoms with Crippen LogP contribution in [0.1, 0.15) is 16.7 Å². The lowest BCUT2D eigenvalue weighted by Gasteiger charge is -2.10. The summed E-state index contributed by atoms with van der Waals surface area (Å²) < 4.78 is 9.67. The van der Waals surface area contributed by atoms with Crippen LogP contribution in [0.3, 0.4) is 0 Å². The molecule has 3 nitrogen and oxygen atoms in total. The van der Waals surface area contributed by atoms with E-state index in [0.29, 0.717) is 11.3 Å². The Bertz CT molecular complexity index is 438. The smallest absolute Gasteiger partial charge is 0.341 e. The zero-order valence-electron chi connectivity index (χ0n) is 10.2. The minimum atomic E-state index is -0.411. The Balaban J connectivity index is 3.27. The molecular formula is C13H16O3S. The lowest BCUT2D eigenvalue weighted by Crippen LogP contribution is -2.06. The molecule has 0 unspecified atom stereocenters. The van der Waals surface area contributed by atoms with E-state index in [1.165, 1.54) is 20.5 Å². The minimum absolute atomic E-state index is 0.411. The van der Waals surface area contributed by atoms with Gasteiger partial charge in [-0.15, -0.1) is 0 Å². The Hall–Kier alpha value is -1.42. The van der Waals surface area contributed by atoms with Crippen LogP contribution in [-0.4, -0.2) is 20.2 Å². The zero-order valence-corrected chi connectivity index (χ0v) is 11.1. The van der Waals surface area contributed by atoms with Gasteiger partial charge in [0.25, 0.3) is 0 Å². The Kier molecular flexibility index (Phi) is 5.10. The molecule has 0 radical (unpaired) electrons. The highest BCUT2D eigenvalue weighted by atomic mass is 32.1. The van der Waals surface area contributed by atoms with Gasteiger partial charge in [0.1, 0.15) is 5.57 Å². The van der Waals surface area contributed by atoms with E-state index in [2.05, 4.69) is 12.6 Å². The third kappa shape index (κ3) is 3.27. The topological polar surface area (TPSA) is 35.5 Å². The van der Waals surface area contributed by atoms with E-state index in [1.54, 1.807) is 0 Å². The van der Waals surface area contributed by atoms with Gasteiger partial charge in [0, 0.05) is 5.75 Å². The summed E-state index contributed by atoms with van der Waals surface area (Å²) in [5.74, 6) is 0.209. The fraction of sp³-hybridized carbons (Fsp3) is 0.308. The number of esters is 1. The number of ether oxygens (including phenoxy) is 2. The molecule has 0 aliphatic carbocycles. The second kappa shape index (κ2) is 6.35. The lowest BCUT2D eigenvalue weighted by atomic mass is 9.99. The molecule has 0 aliphatic heterocycles. The standard InChI is InChI=1S/C13H16O3S/c1-9-4-5-10(8-17)6-11(9)12(7-15-2)13(14)16-3/h4-7,17H,8H2,1-3H3/b12-7+. The van der Waals surface area contributed by atoms with Gasteiger partial charge in [-0.2, -0.15) is 12.6 Å². The van der Waals surface area contributed by atoms with E-state index in [-0.39, 0.29) is 0 Å². The number of thiol groups is 1. The van der Waals surface area contributed by atoms with Crippen LogP contribution in [0.25, 0.3) is 5.57 Å². The van der Waals surface area contributed by atoms with Gasteiger partial charge in [0.05, 0.1) is 20.5 Å². The quantitative estimate of drug-likeness (QED) is 0.387. The van der Waals surface area contributed by atoms with Gasteiger partial charge in [-0.1, -0.05) is 12.1 Å². The Morgan fingerprint density at radius 1 is 1.41 bits per heavy atom. The van der Waals surface area contributed by atoms with Crippen LogP contribution < -0.4 is 0 Å². The molecule has 4 heteroatoms. The van der Waals surface area contributed by atoms with E-state index in [9.17, 15) is 4.79 Å². The van der Waals surface area contributed by atoms with Crippen molar-refractivity contribution >= 4 is 24.2 Å². The van der Waals surface area contributed by atoms with Gasteiger partial charge in [-0.05, 0) is 29.7 Å². The van der Waals surface area contributed by atoms with Gasteiger partial charge < -0.3 is 9.47 Å². The van der Waals surface area contributed by atoms with Crippen LogP contribution in [0, 0.1) is 6.92 Å². The number of benzene rings is 1. The molecule has 0 aromatic heterocycles. The van der Waals surface area contributed by atoms with Crippen LogP contribution >= 0.6 is 12.6 Å². The molecule has 0 spiro atoms. The molecular weight excluding hydrogens is 236 g/mol. The molecule has 0 saturated carbocycles. The lowest BCUT2D eigenvalue weighted by molar-refractivity contribution is -0.133. The maximum atomic E-state index is 11.7. The summed E-state index contributed by atoms with van der Waals surface area (Å²) in [6.45, 7) is 1.93. The van der Waals surface area contributed by atoms with Crippen molar-refractivity contribution in [3.63, 3.8) is 0 Å². The van der Waals surface area contributed by atoms with Crippen LogP contribution in [0.5, 0.6) is 0 Å². The number of carbonyl (C=O) groups is 1. The highest BCUT2D eigenvalue weighted by Gasteiger charge is 2.15. The summed E-state index contributed by atoms with van der Waals surface area (Å²) in [4.78, 5) is 11.7. The monoisotopic (exact) mass is 252 g/mol. The van der Waals surface area contributed by atoms with Crippen LogP contribution in [-0.2, 0) is 20.0 Å². The number of carbonyl (C=O) groups excluding carboxylic acids is 1. The zero-order chi connectivity index (χ0) is 12.8. The first-order valence-corrected chi connectivity index (χ1v) is 5.79. The molecule has 0 amide bonds. The van der Waals surface area contributed by atoms with Gasteiger partial charge >= 0.3 is 5.97 Å². The average Bonchev–Trinajstić information content (AvgIpc) is 2.36. The number of hydrogen-bond acceptors (Lipinski definition) is 4. The molecule has 17 heavy (non-hydrogen) atoms. The van der Waals surface area contributed by atoms with Gasteiger partial charge in [-0.25, -0.2) is 4.79 Å². The van der Waals surface area contributed by atoms with Crippen molar-refractivity contribution in [1.29, 1.82) is 0 Å².